The van der Waals surface area contributed by atoms with Crippen LogP contribution < -0.4 is 0 Å². The molecule has 2 atom stereocenters. The second kappa shape index (κ2) is 11.3. The molecule has 0 aromatic rings. The van der Waals surface area contributed by atoms with E-state index in [9.17, 15) is 0 Å². The van der Waals surface area contributed by atoms with Gasteiger partial charge < -0.3 is 0 Å². The van der Waals surface area contributed by atoms with Crippen molar-refractivity contribution in [3.8, 4) is 0 Å². The van der Waals surface area contributed by atoms with Crippen LogP contribution in [0, 0.1) is 5.41 Å². The minimum atomic E-state index is -0.865. The van der Waals surface area contributed by atoms with Crippen molar-refractivity contribution in [3.63, 3.8) is 0 Å². The van der Waals surface area contributed by atoms with Gasteiger partial charge >= 0.3 is 0 Å². The molecule has 4 nitrogen and oxygen atoms in total. The van der Waals surface area contributed by atoms with E-state index in [2.05, 4.69) is 55.4 Å². The van der Waals surface area contributed by atoms with Gasteiger partial charge in [0.25, 0.3) is 0 Å². The molecule has 4 heteroatoms. The molecule has 0 heterocycles. The summed E-state index contributed by atoms with van der Waals surface area (Å²) < 4.78 is 0. The number of rotatable bonds is 14. The maximum absolute atomic E-state index is 6.24. The summed E-state index contributed by atoms with van der Waals surface area (Å²) in [7, 11) is 0. The molecule has 0 aromatic carbocycles. The molecule has 0 N–H and O–H groups in total. The van der Waals surface area contributed by atoms with E-state index < -0.39 is 5.79 Å². The Bertz CT molecular complexity index is 410. The monoisotopic (exact) mass is 400 g/mol. The normalized spacial score (nSPS) is 26.6. The van der Waals surface area contributed by atoms with Crippen molar-refractivity contribution in [1.29, 1.82) is 0 Å². The Balaban J connectivity index is 2.95. The van der Waals surface area contributed by atoms with Crippen molar-refractivity contribution >= 4 is 0 Å². The molecule has 0 radical (unpaired) electrons. The van der Waals surface area contributed by atoms with Gasteiger partial charge in [-0.2, -0.15) is 9.78 Å². The van der Waals surface area contributed by atoms with Gasteiger partial charge in [0.05, 0.1) is 0 Å². The fraction of sp³-hybridized carbons (Fsp3) is 1.00. The van der Waals surface area contributed by atoms with Gasteiger partial charge in [-0.15, -0.1) is 0 Å². The molecule has 0 spiro atoms. The molecule has 1 aliphatic rings. The highest BCUT2D eigenvalue weighted by Gasteiger charge is 2.53. The molecule has 0 saturated heterocycles. The van der Waals surface area contributed by atoms with E-state index in [0.29, 0.717) is 0 Å². The molecule has 28 heavy (non-hydrogen) atoms. The van der Waals surface area contributed by atoms with Crippen LogP contribution in [-0.2, 0) is 19.6 Å². The van der Waals surface area contributed by atoms with Gasteiger partial charge in [-0.3, -0.25) is 0 Å². The maximum atomic E-state index is 6.24. The first-order valence-corrected chi connectivity index (χ1v) is 11.8. The average molecular weight is 401 g/mol. The van der Waals surface area contributed by atoms with Gasteiger partial charge in [0, 0.05) is 11.8 Å². The Morgan fingerprint density at radius 1 is 0.714 bits per heavy atom. The summed E-state index contributed by atoms with van der Waals surface area (Å²) in [5, 5.41) is 0. The molecule has 0 amide bonds. The first-order valence-electron chi connectivity index (χ1n) is 11.8. The molecule has 0 aliphatic heterocycles. The van der Waals surface area contributed by atoms with Gasteiger partial charge in [-0.25, -0.2) is 9.78 Å². The van der Waals surface area contributed by atoms with Gasteiger partial charge in [-0.1, -0.05) is 73.6 Å². The van der Waals surface area contributed by atoms with Crippen molar-refractivity contribution in [1.82, 2.24) is 0 Å². The van der Waals surface area contributed by atoms with Crippen LogP contribution in [0.25, 0.3) is 0 Å². The Kier molecular flexibility index (Phi) is 10.4. The summed E-state index contributed by atoms with van der Waals surface area (Å²) >= 11 is 0. The van der Waals surface area contributed by atoms with Crippen LogP contribution in [0.15, 0.2) is 0 Å². The lowest BCUT2D eigenvalue weighted by Crippen LogP contribution is -2.54. The van der Waals surface area contributed by atoms with E-state index in [1.165, 1.54) is 6.42 Å². The summed E-state index contributed by atoms with van der Waals surface area (Å²) in [4.78, 5) is 24.7. The Morgan fingerprint density at radius 3 is 1.50 bits per heavy atom. The highest BCUT2D eigenvalue weighted by atomic mass is 17.3. The predicted molar refractivity (Wildman–Crippen MR) is 116 cm³/mol. The zero-order chi connectivity index (χ0) is 21.3. The average Bonchev–Trinajstić information content (AvgIpc) is 2.69. The number of hydrogen-bond donors (Lipinski definition) is 0. The third-order valence-corrected chi connectivity index (χ3v) is 6.96. The predicted octanol–water partition coefficient (Wildman–Crippen LogP) is 7.90. The zero-order valence-corrected chi connectivity index (χ0v) is 20.1. The molecule has 1 rings (SSSR count). The van der Waals surface area contributed by atoms with Crippen LogP contribution in [0.5, 0.6) is 0 Å². The fourth-order valence-electron chi connectivity index (χ4n) is 3.77. The lowest BCUT2D eigenvalue weighted by Gasteiger charge is -2.48. The van der Waals surface area contributed by atoms with Crippen LogP contribution in [-0.4, -0.2) is 17.0 Å². The Morgan fingerprint density at radius 2 is 1.14 bits per heavy atom. The lowest BCUT2D eigenvalue weighted by molar-refractivity contribution is -0.570. The third kappa shape index (κ3) is 6.97. The first kappa shape index (κ1) is 25.9. The number of unbranched alkanes of at least 4 members (excludes halogenated alkanes) is 2. The van der Waals surface area contributed by atoms with Crippen LogP contribution in [0.1, 0.15) is 132 Å². The zero-order valence-electron chi connectivity index (χ0n) is 20.1. The molecule has 0 aromatic heterocycles. The van der Waals surface area contributed by atoms with E-state index >= 15 is 0 Å². The minimum Gasteiger partial charge on any atom is -0.227 e. The molecule has 0 bridgehead atoms. The summed E-state index contributed by atoms with van der Waals surface area (Å²) in [5.74, 6) is -0.865. The van der Waals surface area contributed by atoms with Crippen LogP contribution in [0.2, 0.25) is 0 Å². The maximum Gasteiger partial charge on any atom is 0.238 e. The Hall–Kier alpha value is -0.160. The topological polar surface area (TPSA) is 36.9 Å². The smallest absolute Gasteiger partial charge is 0.227 e. The van der Waals surface area contributed by atoms with E-state index in [4.69, 9.17) is 19.6 Å². The van der Waals surface area contributed by atoms with Crippen LogP contribution in [0.3, 0.4) is 0 Å². The summed E-state index contributed by atoms with van der Waals surface area (Å²) in [6.07, 6.45) is 12.4. The summed E-state index contributed by atoms with van der Waals surface area (Å²) in [5.41, 5.74) is -0.767. The SMILES string of the molecule is CCCCC(C)(CC)OOC1(OOC(C)(CC)CCCC)CCCCC1(C)C. The van der Waals surface area contributed by atoms with E-state index in [1.807, 2.05) is 0 Å². The van der Waals surface area contributed by atoms with Gasteiger partial charge in [0.15, 0.2) is 0 Å². The lowest BCUT2D eigenvalue weighted by atomic mass is 9.72. The van der Waals surface area contributed by atoms with E-state index in [1.54, 1.807) is 0 Å². The number of hydrogen-bond acceptors (Lipinski definition) is 4. The Labute approximate surface area is 174 Å². The van der Waals surface area contributed by atoms with Crippen molar-refractivity contribution in [2.45, 2.75) is 149 Å². The molecular weight excluding hydrogens is 352 g/mol. The largest absolute Gasteiger partial charge is 0.238 e. The highest BCUT2D eigenvalue weighted by Crippen LogP contribution is 2.49. The minimum absolute atomic E-state index is 0.177. The fourth-order valence-corrected chi connectivity index (χ4v) is 3.77. The van der Waals surface area contributed by atoms with Gasteiger partial charge in [0.2, 0.25) is 5.79 Å². The van der Waals surface area contributed by atoms with Crippen molar-refractivity contribution in [2.24, 2.45) is 5.41 Å². The van der Waals surface area contributed by atoms with Crippen molar-refractivity contribution in [2.75, 3.05) is 0 Å². The van der Waals surface area contributed by atoms with E-state index in [-0.39, 0.29) is 16.6 Å². The van der Waals surface area contributed by atoms with Crippen molar-refractivity contribution < 1.29 is 19.6 Å². The summed E-state index contributed by atoms with van der Waals surface area (Å²) in [6, 6.07) is 0. The molecule has 2 unspecified atom stereocenters. The molecule has 1 fully saturated rings. The van der Waals surface area contributed by atoms with Crippen molar-refractivity contribution in [3.05, 3.63) is 0 Å². The molecular formula is C24H48O4. The first-order chi connectivity index (χ1) is 13.1. The van der Waals surface area contributed by atoms with Gasteiger partial charge in [0.1, 0.15) is 11.2 Å². The summed E-state index contributed by atoms with van der Waals surface area (Å²) in [6.45, 7) is 17.5. The molecule has 168 valence electrons. The van der Waals surface area contributed by atoms with Gasteiger partial charge in [-0.05, 0) is 52.4 Å². The second-order valence-electron chi connectivity index (χ2n) is 9.99. The van der Waals surface area contributed by atoms with Crippen LogP contribution >= 0.6 is 0 Å². The molecule has 1 aliphatic carbocycles. The van der Waals surface area contributed by atoms with Crippen LogP contribution in [0.4, 0.5) is 0 Å². The quantitative estimate of drug-likeness (QED) is 0.169. The van der Waals surface area contributed by atoms with E-state index in [0.717, 1.165) is 70.6 Å². The standard InChI is InChI=1S/C24H48O4/c1-9-13-18-22(7,11-3)25-27-24(20-16-15-17-21(24,5)6)28-26-23(8,12-4)19-14-10-2/h9-20H2,1-8H3. The molecule has 1 saturated carbocycles. The third-order valence-electron chi connectivity index (χ3n) is 6.96. The highest BCUT2D eigenvalue weighted by molar-refractivity contribution is 4.90. The second-order valence-corrected chi connectivity index (χ2v) is 9.99.